The van der Waals surface area contributed by atoms with Crippen molar-refractivity contribution >= 4 is 43.3 Å². The molecule has 0 atom stereocenters. The molecule has 0 saturated heterocycles. The third-order valence-corrected chi connectivity index (χ3v) is 5.39. The van der Waals surface area contributed by atoms with Crippen LogP contribution in [-0.4, -0.2) is 26.7 Å². The standard InChI is InChI=1S/C17H16BrFN2O4S/c1-11(22)12-2-5-14(6-3-12)26(24,25)20-9-8-17(23)21-16-7-4-13(18)10-15(16)19/h2-7,10,20H,8-9H2,1H3,(H,21,23). The number of amides is 1. The highest BCUT2D eigenvalue weighted by Gasteiger charge is 2.15. The van der Waals surface area contributed by atoms with Gasteiger partial charge in [-0.25, -0.2) is 17.5 Å². The molecule has 2 N–H and O–H groups in total. The van der Waals surface area contributed by atoms with Crippen LogP contribution in [0.25, 0.3) is 0 Å². The highest BCUT2D eigenvalue weighted by atomic mass is 79.9. The molecule has 2 aromatic carbocycles. The summed E-state index contributed by atoms with van der Waals surface area (Å²) in [5.74, 6) is -1.29. The fourth-order valence-electron chi connectivity index (χ4n) is 2.05. The van der Waals surface area contributed by atoms with E-state index in [0.717, 1.165) is 0 Å². The van der Waals surface area contributed by atoms with Gasteiger partial charge in [-0.15, -0.1) is 0 Å². The van der Waals surface area contributed by atoms with E-state index in [9.17, 15) is 22.4 Å². The molecule has 6 nitrogen and oxygen atoms in total. The summed E-state index contributed by atoms with van der Waals surface area (Å²) in [6.07, 6.45) is -0.166. The topological polar surface area (TPSA) is 92.3 Å². The summed E-state index contributed by atoms with van der Waals surface area (Å²) < 4.78 is 40.8. The lowest BCUT2D eigenvalue weighted by Crippen LogP contribution is -2.28. The van der Waals surface area contributed by atoms with Crippen molar-refractivity contribution in [3.8, 4) is 0 Å². The number of Topliss-reactive ketones (excluding diaryl/α,β-unsaturated/α-hetero) is 1. The van der Waals surface area contributed by atoms with Crippen LogP contribution in [0.4, 0.5) is 10.1 Å². The van der Waals surface area contributed by atoms with Crippen molar-refractivity contribution in [3.05, 3.63) is 58.3 Å². The molecule has 0 fully saturated rings. The number of ketones is 1. The van der Waals surface area contributed by atoms with Gasteiger partial charge < -0.3 is 5.32 Å². The van der Waals surface area contributed by atoms with Crippen molar-refractivity contribution in [2.45, 2.75) is 18.2 Å². The smallest absolute Gasteiger partial charge is 0.240 e. The van der Waals surface area contributed by atoms with Crippen LogP contribution in [0.15, 0.2) is 51.8 Å². The summed E-state index contributed by atoms with van der Waals surface area (Å²) in [5, 5.41) is 2.38. The van der Waals surface area contributed by atoms with Gasteiger partial charge in [0, 0.05) is 23.0 Å². The number of hydrogen-bond donors (Lipinski definition) is 2. The first-order valence-corrected chi connectivity index (χ1v) is 9.82. The van der Waals surface area contributed by atoms with Crippen LogP contribution in [0, 0.1) is 5.82 Å². The molecule has 0 radical (unpaired) electrons. The van der Waals surface area contributed by atoms with Crippen molar-refractivity contribution in [3.63, 3.8) is 0 Å². The van der Waals surface area contributed by atoms with Crippen molar-refractivity contribution < 1.29 is 22.4 Å². The van der Waals surface area contributed by atoms with Crippen LogP contribution in [-0.2, 0) is 14.8 Å². The third kappa shape index (κ3) is 5.45. The van der Waals surface area contributed by atoms with Crippen LogP contribution >= 0.6 is 15.9 Å². The fraction of sp³-hybridized carbons (Fsp3) is 0.176. The second-order valence-electron chi connectivity index (χ2n) is 5.40. The Hall–Kier alpha value is -2.10. The van der Waals surface area contributed by atoms with Crippen molar-refractivity contribution in [1.82, 2.24) is 4.72 Å². The molecule has 0 aromatic heterocycles. The Labute approximate surface area is 159 Å². The maximum absolute atomic E-state index is 13.7. The Morgan fingerprint density at radius 1 is 1.12 bits per heavy atom. The van der Waals surface area contributed by atoms with Crippen molar-refractivity contribution in [2.75, 3.05) is 11.9 Å². The summed E-state index contributed by atoms with van der Waals surface area (Å²) in [6.45, 7) is 1.23. The van der Waals surface area contributed by atoms with Gasteiger partial charge in [0.05, 0.1) is 10.6 Å². The molecule has 138 valence electrons. The monoisotopic (exact) mass is 442 g/mol. The Morgan fingerprint density at radius 3 is 2.35 bits per heavy atom. The number of benzene rings is 2. The molecule has 9 heteroatoms. The van der Waals surface area contributed by atoms with Gasteiger partial charge in [-0.3, -0.25) is 9.59 Å². The number of halogens is 2. The molecule has 0 spiro atoms. The number of sulfonamides is 1. The van der Waals surface area contributed by atoms with Gasteiger partial charge >= 0.3 is 0 Å². The van der Waals surface area contributed by atoms with E-state index in [4.69, 9.17) is 0 Å². The molecule has 0 heterocycles. The molecule has 2 aromatic rings. The van der Waals surface area contributed by atoms with Gasteiger partial charge in [0.2, 0.25) is 15.9 Å². The molecule has 0 aliphatic carbocycles. The number of anilines is 1. The quantitative estimate of drug-likeness (QED) is 0.644. The Bertz CT molecular complexity index is 930. The predicted octanol–water partition coefficient (Wildman–Crippen LogP) is 3.10. The molecular weight excluding hydrogens is 427 g/mol. The lowest BCUT2D eigenvalue weighted by atomic mass is 10.2. The van der Waals surface area contributed by atoms with E-state index >= 15 is 0 Å². The summed E-state index contributed by atoms with van der Waals surface area (Å²) in [5.41, 5.74) is 0.417. The number of nitrogens with one attached hydrogen (secondary N) is 2. The fourth-order valence-corrected chi connectivity index (χ4v) is 3.42. The predicted molar refractivity (Wildman–Crippen MR) is 99.0 cm³/mol. The minimum Gasteiger partial charge on any atom is -0.324 e. The zero-order valence-electron chi connectivity index (χ0n) is 13.8. The lowest BCUT2D eigenvalue weighted by Gasteiger charge is -2.09. The molecule has 26 heavy (non-hydrogen) atoms. The molecule has 2 rings (SSSR count). The van der Waals surface area contributed by atoms with Crippen LogP contribution in [0.2, 0.25) is 0 Å². The van der Waals surface area contributed by atoms with E-state index in [-0.39, 0.29) is 29.3 Å². The second kappa shape index (κ2) is 8.52. The van der Waals surface area contributed by atoms with E-state index in [1.165, 1.54) is 43.3 Å². The van der Waals surface area contributed by atoms with E-state index in [2.05, 4.69) is 26.0 Å². The molecule has 0 unspecified atom stereocenters. The first-order valence-electron chi connectivity index (χ1n) is 7.54. The number of rotatable bonds is 7. The molecule has 0 saturated carbocycles. The Morgan fingerprint density at radius 2 is 1.77 bits per heavy atom. The van der Waals surface area contributed by atoms with Crippen LogP contribution in [0.1, 0.15) is 23.7 Å². The molecule has 1 amide bonds. The molecule has 0 aliphatic heterocycles. The maximum atomic E-state index is 13.7. The van der Waals surface area contributed by atoms with E-state index < -0.39 is 21.7 Å². The minimum absolute atomic E-state index is 0.0122. The van der Waals surface area contributed by atoms with E-state index in [0.29, 0.717) is 10.0 Å². The van der Waals surface area contributed by atoms with Crippen molar-refractivity contribution in [2.24, 2.45) is 0 Å². The van der Waals surface area contributed by atoms with Crippen LogP contribution in [0.5, 0.6) is 0 Å². The lowest BCUT2D eigenvalue weighted by molar-refractivity contribution is -0.116. The van der Waals surface area contributed by atoms with Crippen LogP contribution in [0.3, 0.4) is 0 Å². The Kier molecular flexibility index (Phi) is 6.63. The van der Waals surface area contributed by atoms with E-state index in [1.807, 2.05) is 0 Å². The second-order valence-corrected chi connectivity index (χ2v) is 8.08. The van der Waals surface area contributed by atoms with Gasteiger partial charge in [0.25, 0.3) is 0 Å². The largest absolute Gasteiger partial charge is 0.324 e. The molecule has 0 bridgehead atoms. The summed E-state index contributed by atoms with van der Waals surface area (Å²) in [4.78, 5) is 23.0. The summed E-state index contributed by atoms with van der Waals surface area (Å²) in [7, 11) is -3.81. The zero-order valence-corrected chi connectivity index (χ0v) is 16.2. The minimum atomic E-state index is -3.81. The van der Waals surface area contributed by atoms with Gasteiger partial charge in [-0.1, -0.05) is 28.1 Å². The van der Waals surface area contributed by atoms with Crippen LogP contribution < -0.4 is 10.0 Å². The average Bonchev–Trinajstić information content (AvgIpc) is 2.57. The first-order chi connectivity index (χ1) is 12.2. The van der Waals surface area contributed by atoms with Gasteiger partial charge in [-0.2, -0.15) is 0 Å². The number of hydrogen-bond acceptors (Lipinski definition) is 4. The third-order valence-electron chi connectivity index (χ3n) is 3.42. The van der Waals surface area contributed by atoms with Gasteiger partial charge in [0.15, 0.2) is 5.78 Å². The first kappa shape index (κ1) is 20.2. The molecule has 0 aliphatic rings. The number of carbonyl (C=O) groups is 2. The van der Waals surface area contributed by atoms with Crippen molar-refractivity contribution in [1.29, 1.82) is 0 Å². The SMILES string of the molecule is CC(=O)c1ccc(S(=O)(=O)NCCC(=O)Nc2ccc(Br)cc2F)cc1. The zero-order chi connectivity index (χ0) is 19.3. The molecular formula is C17H16BrFN2O4S. The average molecular weight is 443 g/mol. The van der Waals surface area contributed by atoms with Gasteiger partial charge in [0.1, 0.15) is 5.82 Å². The maximum Gasteiger partial charge on any atom is 0.240 e. The highest BCUT2D eigenvalue weighted by Crippen LogP contribution is 2.19. The van der Waals surface area contributed by atoms with E-state index in [1.54, 1.807) is 6.07 Å². The highest BCUT2D eigenvalue weighted by molar-refractivity contribution is 9.10. The number of carbonyl (C=O) groups excluding carboxylic acids is 2. The summed E-state index contributed by atoms with van der Waals surface area (Å²) >= 11 is 3.11. The van der Waals surface area contributed by atoms with Gasteiger partial charge in [-0.05, 0) is 37.3 Å². The normalized spacial score (nSPS) is 11.2. The summed E-state index contributed by atoms with van der Waals surface area (Å²) in [6, 6.07) is 9.65. The Balaban J connectivity index is 1.91.